The number of hydrogen-bond donors (Lipinski definition) is 1. The smallest absolute Gasteiger partial charge is 0.226 e. The molecule has 1 N–H and O–H groups in total. The number of likely N-dealkylation sites (tertiary alicyclic amines) is 1. The largest absolute Gasteiger partial charge is 0.392 e. The van der Waals surface area contributed by atoms with E-state index in [1.807, 2.05) is 11.8 Å². The van der Waals surface area contributed by atoms with E-state index in [-0.39, 0.29) is 29.0 Å². The maximum absolute atomic E-state index is 13.0. The predicted molar refractivity (Wildman–Crippen MR) is 94.5 cm³/mol. The van der Waals surface area contributed by atoms with Gasteiger partial charge in [-0.15, -0.1) is 0 Å². The van der Waals surface area contributed by atoms with Gasteiger partial charge in [0.05, 0.1) is 18.1 Å². The molecule has 0 bridgehead atoms. The highest BCUT2D eigenvalue weighted by atomic mass is 16.5. The molecule has 1 saturated heterocycles. The predicted octanol–water partition coefficient (Wildman–Crippen LogP) is 3.00. The minimum absolute atomic E-state index is 0.0767. The molecule has 24 heavy (non-hydrogen) atoms. The summed E-state index contributed by atoms with van der Waals surface area (Å²) in [6.07, 6.45) is 4.65. The van der Waals surface area contributed by atoms with Gasteiger partial charge in [-0.2, -0.15) is 0 Å². The Balaban J connectivity index is 1.61. The molecule has 0 radical (unpaired) electrons. The van der Waals surface area contributed by atoms with E-state index in [0.29, 0.717) is 18.4 Å². The van der Waals surface area contributed by atoms with Gasteiger partial charge < -0.3 is 14.7 Å². The van der Waals surface area contributed by atoms with E-state index < -0.39 is 0 Å². The maximum atomic E-state index is 13.0. The summed E-state index contributed by atoms with van der Waals surface area (Å²) in [5.74, 6) is 0.797. The summed E-state index contributed by atoms with van der Waals surface area (Å²) in [4.78, 5) is 15.0. The number of ether oxygens (including phenoxy) is 1. The molecule has 4 nitrogen and oxygen atoms in total. The molecule has 2 saturated carbocycles. The van der Waals surface area contributed by atoms with Crippen LogP contribution in [0.4, 0.5) is 0 Å². The van der Waals surface area contributed by atoms with Crippen LogP contribution in [0.25, 0.3) is 0 Å². The fourth-order valence-corrected chi connectivity index (χ4v) is 4.98. The zero-order valence-corrected chi connectivity index (χ0v) is 15.8. The van der Waals surface area contributed by atoms with E-state index in [1.165, 1.54) is 5.57 Å². The molecule has 4 atom stereocenters. The summed E-state index contributed by atoms with van der Waals surface area (Å²) in [6, 6.07) is 0. The molecule has 3 aliphatic rings. The van der Waals surface area contributed by atoms with Crippen LogP contribution < -0.4 is 0 Å². The first-order chi connectivity index (χ1) is 11.2. The molecule has 3 fully saturated rings. The van der Waals surface area contributed by atoms with Crippen LogP contribution in [-0.2, 0) is 9.53 Å². The van der Waals surface area contributed by atoms with Gasteiger partial charge in [-0.05, 0) is 44.9 Å². The summed E-state index contributed by atoms with van der Waals surface area (Å²) in [6.45, 7) is 12.8. The molecule has 1 spiro atoms. The van der Waals surface area contributed by atoms with Gasteiger partial charge in [-0.25, -0.2) is 0 Å². The lowest BCUT2D eigenvalue weighted by molar-refractivity contribution is -0.210. The summed E-state index contributed by atoms with van der Waals surface area (Å²) < 4.78 is 5.82. The average Bonchev–Trinajstić information content (AvgIpc) is 3.06. The van der Waals surface area contributed by atoms with E-state index in [4.69, 9.17) is 4.74 Å². The van der Waals surface area contributed by atoms with Crippen LogP contribution in [0.3, 0.4) is 0 Å². The summed E-state index contributed by atoms with van der Waals surface area (Å²) >= 11 is 0. The van der Waals surface area contributed by atoms with Crippen molar-refractivity contribution in [2.45, 2.75) is 66.1 Å². The lowest BCUT2D eigenvalue weighted by atomic mass is 9.58. The minimum atomic E-state index is -0.262. The molecular formula is C20H33NO3. The number of aliphatic hydroxyl groups is 1. The van der Waals surface area contributed by atoms with Crippen LogP contribution in [0.5, 0.6) is 0 Å². The maximum Gasteiger partial charge on any atom is 0.226 e. The molecular weight excluding hydrogens is 302 g/mol. The number of piperidine rings is 1. The number of amides is 1. The van der Waals surface area contributed by atoms with Crippen molar-refractivity contribution in [1.29, 1.82) is 0 Å². The highest BCUT2D eigenvalue weighted by Crippen LogP contribution is 2.60. The van der Waals surface area contributed by atoms with E-state index in [9.17, 15) is 9.90 Å². The standard InChI is InChI=1S/C20H33NO3/c1-6-24-16-12-15(22)20(16)7-9-21(10-8-20)18(23)17-14(11-13(2)3)19(17,4)5/h11,14-17,22H,6-10,12H2,1-5H3/t14-,15-,16+,17+/m0/s1. The first kappa shape index (κ1) is 17.9. The second-order valence-electron chi connectivity index (χ2n) is 8.82. The Kier molecular flexibility index (Phi) is 4.59. The number of carbonyl (C=O) groups excluding carboxylic acids is 1. The molecule has 0 aromatic carbocycles. The Hall–Kier alpha value is -0.870. The van der Waals surface area contributed by atoms with Crippen molar-refractivity contribution in [3.63, 3.8) is 0 Å². The first-order valence-electron chi connectivity index (χ1n) is 9.47. The van der Waals surface area contributed by atoms with Crippen LogP contribution in [0.2, 0.25) is 0 Å². The molecule has 3 rings (SSSR count). The lowest BCUT2D eigenvalue weighted by Crippen LogP contribution is -2.62. The Morgan fingerprint density at radius 2 is 1.92 bits per heavy atom. The van der Waals surface area contributed by atoms with Gasteiger partial charge in [-0.1, -0.05) is 25.5 Å². The van der Waals surface area contributed by atoms with E-state index in [1.54, 1.807) is 0 Å². The quantitative estimate of drug-likeness (QED) is 0.804. The van der Waals surface area contributed by atoms with E-state index in [2.05, 4.69) is 33.8 Å². The Morgan fingerprint density at radius 3 is 2.42 bits per heavy atom. The zero-order chi connectivity index (χ0) is 17.7. The topological polar surface area (TPSA) is 49.8 Å². The molecule has 1 aliphatic heterocycles. The molecule has 1 amide bonds. The second kappa shape index (κ2) is 6.14. The number of aliphatic hydroxyl groups excluding tert-OH is 1. The van der Waals surface area contributed by atoms with Gasteiger partial charge in [-0.3, -0.25) is 4.79 Å². The van der Waals surface area contributed by atoms with Crippen molar-refractivity contribution in [3.05, 3.63) is 11.6 Å². The number of nitrogens with zero attached hydrogens (tertiary/aromatic N) is 1. The van der Waals surface area contributed by atoms with Crippen molar-refractivity contribution in [1.82, 2.24) is 4.90 Å². The monoisotopic (exact) mass is 335 g/mol. The minimum Gasteiger partial charge on any atom is -0.392 e. The van der Waals surface area contributed by atoms with Crippen molar-refractivity contribution in [3.8, 4) is 0 Å². The summed E-state index contributed by atoms with van der Waals surface area (Å²) in [7, 11) is 0. The molecule has 2 aliphatic carbocycles. The van der Waals surface area contributed by atoms with Crippen LogP contribution in [0.15, 0.2) is 11.6 Å². The molecule has 4 heteroatoms. The van der Waals surface area contributed by atoms with Gasteiger partial charge in [0.15, 0.2) is 0 Å². The third-order valence-electron chi connectivity index (χ3n) is 6.81. The van der Waals surface area contributed by atoms with Crippen molar-refractivity contribution >= 4 is 5.91 Å². The average molecular weight is 335 g/mol. The molecule has 0 aromatic rings. The number of carbonyl (C=O) groups is 1. The normalized spacial score (nSPS) is 36.2. The van der Waals surface area contributed by atoms with Crippen LogP contribution in [0, 0.1) is 22.7 Å². The van der Waals surface area contributed by atoms with Gasteiger partial charge in [0.2, 0.25) is 5.91 Å². The fraction of sp³-hybridized carbons (Fsp3) is 0.850. The Morgan fingerprint density at radius 1 is 1.29 bits per heavy atom. The SMILES string of the molecule is CCO[C@@H]1C[C@H](O)C12CCN(C(=O)[C@H]1[C@H](C=C(C)C)C1(C)C)CC2. The van der Waals surface area contributed by atoms with Crippen molar-refractivity contribution in [2.24, 2.45) is 22.7 Å². The Labute approximate surface area is 146 Å². The van der Waals surface area contributed by atoms with E-state index in [0.717, 1.165) is 32.4 Å². The Bertz CT molecular complexity index is 525. The van der Waals surface area contributed by atoms with Crippen molar-refractivity contribution in [2.75, 3.05) is 19.7 Å². The molecule has 0 aromatic heterocycles. The van der Waals surface area contributed by atoms with Crippen LogP contribution in [0.1, 0.15) is 53.9 Å². The molecule has 1 heterocycles. The lowest BCUT2D eigenvalue weighted by Gasteiger charge is -2.56. The first-order valence-corrected chi connectivity index (χ1v) is 9.47. The second-order valence-corrected chi connectivity index (χ2v) is 8.82. The van der Waals surface area contributed by atoms with Gasteiger partial charge in [0, 0.05) is 31.5 Å². The van der Waals surface area contributed by atoms with Gasteiger partial charge in [0.25, 0.3) is 0 Å². The van der Waals surface area contributed by atoms with Crippen LogP contribution in [-0.4, -0.2) is 47.8 Å². The third-order valence-corrected chi connectivity index (χ3v) is 6.81. The van der Waals surface area contributed by atoms with Gasteiger partial charge >= 0.3 is 0 Å². The number of rotatable bonds is 4. The fourth-order valence-electron chi connectivity index (χ4n) is 4.98. The third kappa shape index (κ3) is 2.72. The van der Waals surface area contributed by atoms with Gasteiger partial charge in [0.1, 0.15) is 0 Å². The highest BCUT2D eigenvalue weighted by molar-refractivity contribution is 5.84. The van der Waals surface area contributed by atoms with Crippen LogP contribution >= 0.6 is 0 Å². The number of hydrogen-bond acceptors (Lipinski definition) is 3. The summed E-state index contributed by atoms with van der Waals surface area (Å²) in [5, 5.41) is 10.3. The highest BCUT2D eigenvalue weighted by Gasteiger charge is 2.62. The van der Waals surface area contributed by atoms with E-state index >= 15 is 0 Å². The molecule has 0 unspecified atom stereocenters. The number of allylic oxidation sites excluding steroid dienone is 2. The van der Waals surface area contributed by atoms with Crippen molar-refractivity contribution < 1.29 is 14.6 Å². The molecule has 136 valence electrons. The summed E-state index contributed by atoms with van der Waals surface area (Å²) in [5.41, 5.74) is 1.26. The zero-order valence-electron chi connectivity index (χ0n) is 15.8.